The largest absolute Gasteiger partial charge is 0.455 e. The van der Waals surface area contributed by atoms with Crippen LogP contribution in [0, 0.1) is 13.8 Å². The van der Waals surface area contributed by atoms with Gasteiger partial charge in [-0.2, -0.15) is 0 Å². The van der Waals surface area contributed by atoms with Crippen molar-refractivity contribution in [1.82, 2.24) is 0 Å². The van der Waals surface area contributed by atoms with Crippen molar-refractivity contribution in [2.45, 2.75) is 18.7 Å². The highest BCUT2D eigenvalue weighted by Crippen LogP contribution is 2.33. The van der Waals surface area contributed by atoms with E-state index < -0.39 is 10.0 Å². The standard InChI is InChI=1S/C23H19NO4S/c1-14-7-8-17(13-15(14)2)21-22(25)19-5-3-4-6-20(19)28-23(21)16-9-11-18(12-10-16)29(24,26)27/h3-13H,1-2H3,(H2,24,26,27). The minimum atomic E-state index is -3.81. The molecule has 0 aliphatic heterocycles. The molecule has 4 aromatic rings. The van der Waals surface area contributed by atoms with Gasteiger partial charge >= 0.3 is 0 Å². The van der Waals surface area contributed by atoms with Crippen LogP contribution in [0.4, 0.5) is 0 Å². The topological polar surface area (TPSA) is 90.4 Å². The molecule has 0 saturated heterocycles. The quantitative estimate of drug-likeness (QED) is 0.547. The van der Waals surface area contributed by atoms with E-state index in [2.05, 4.69) is 0 Å². The van der Waals surface area contributed by atoms with Crippen molar-refractivity contribution in [3.8, 4) is 22.5 Å². The molecule has 0 atom stereocenters. The molecule has 5 nitrogen and oxygen atoms in total. The van der Waals surface area contributed by atoms with E-state index in [9.17, 15) is 13.2 Å². The number of rotatable bonds is 3. The predicted octanol–water partition coefficient (Wildman–Crippen LogP) is 4.39. The van der Waals surface area contributed by atoms with Crippen LogP contribution >= 0.6 is 0 Å². The maximum atomic E-state index is 13.4. The van der Waals surface area contributed by atoms with E-state index >= 15 is 0 Å². The van der Waals surface area contributed by atoms with Gasteiger partial charge in [0.05, 0.1) is 15.8 Å². The molecule has 0 aliphatic carbocycles. The first-order chi connectivity index (χ1) is 13.8. The second-order valence-electron chi connectivity index (χ2n) is 7.00. The number of fused-ring (bicyclic) bond motifs is 1. The van der Waals surface area contributed by atoms with E-state index in [1.54, 1.807) is 36.4 Å². The number of sulfonamides is 1. The van der Waals surface area contributed by atoms with Crippen molar-refractivity contribution in [2.24, 2.45) is 5.14 Å². The van der Waals surface area contributed by atoms with Crippen LogP contribution in [0.3, 0.4) is 0 Å². The normalized spacial score (nSPS) is 11.7. The summed E-state index contributed by atoms with van der Waals surface area (Å²) in [5.41, 5.74) is 4.29. The van der Waals surface area contributed by atoms with Crippen LogP contribution in [-0.2, 0) is 10.0 Å². The molecule has 0 spiro atoms. The van der Waals surface area contributed by atoms with Gasteiger partial charge in [0.25, 0.3) is 0 Å². The van der Waals surface area contributed by atoms with Gasteiger partial charge in [0.15, 0.2) is 0 Å². The summed E-state index contributed by atoms with van der Waals surface area (Å²) in [4.78, 5) is 13.4. The second-order valence-corrected chi connectivity index (χ2v) is 8.56. The smallest absolute Gasteiger partial charge is 0.238 e. The van der Waals surface area contributed by atoms with E-state index in [-0.39, 0.29) is 10.3 Å². The molecule has 6 heteroatoms. The molecule has 0 bridgehead atoms. The van der Waals surface area contributed by atoms with Crippen molar-refractivity contribution in [2.75, 3.05) is 0 Å². The summed E-state index contributed by atoms with van der Waals surface area (Å²) in [6.45, 7) is 4.00. The average molecular weight is 405 g/mol. The van der Waals surface area contributed by atoms with Gasteiger partial charge in [-0.15, -0.1) is 0 Å². The third-order valence-corrected chi connectivity index (χ3v) is 5.97. The Labute approximate surface area is 168 Å². The Morgan fingerprint density at radius 1 is 0.828 bits per heavy atom. The minimum absolute atomic E-state index is 0.00267. The van der Waals surface area contributed by atoms with Crippen molar-refractivity contribution in [3.05, 3.63) is 88.1 Å². The number of aryl methyl sites for hydroxylation is 2. The van der Waals surface area contributed by atoms with Gasteiger partial charge < -0.3 is 4.42 Å². The van der Waals surface area contributed by atoms with E-state index in [1.165, 1.54) is 12.1 Å². The first-order valence-electron chi connectivity index (χ1n) is 9.02. The number of benzene rings is 3. The SMILES string of the molecule is Cc1ccc(-c2c(-c3ccc(S(N)(=O)=O)cc3)oc3ccccc3c2=O)cc1C. The summed E-state index contributed by atoms with van der Waals surface area (Å²) in [6, 6.07) is 18.9. The molecule has 29 heavy (non-hydrogen) atoms. The molecule has 1 heterocycles. The van der Waals surface area contributed by atoms with E-state index in [0.717, 1.165) is 16.7 Å². The summed E-state index contributed by atoms with van der Waals surface area (Å²) in [5, 5.41) is 5.69. The number of nitrogens with two attached hydrogens (primary N) is 1. The number of hydrogen-bond donors (Lipinski definition) is 1. The zero-order valence-electron chi connectivity index (χ0n) is 16.0. The summed E-state index contributed by atoms with van der Waals surface area (Å²) in [7, 11) is -3.81. The number of hydrogen-bond acceptors (Lipinski definition) is 4. The first-order valence-corrected chi connectivity index (χ1v) is 10.6. The van der Waals surface area contributed by atoms with E-state index in [0.29, 0.717) is 27.9 Å². The van der Waals surface area contributed by atoms with Crippen molar-refractivity contribution in [3.63, 3.8) is 0 Å². The average Bonchev–Trinajstić information content (AvgIpc) is 2.70. The van der Waals surface area contributed by atoms with Gasteiger partial charge in [0.2, 0.25) is 15.5 Å². The molecule has 0 radical (unpaired) electrons. The molecule has 0 aliphatic rings. The van der Waals surface area contributed by atoms with Crippen LogP contribution in [0.5, 0.6) is 0 Å². The Balaban J connectivity index is 2.04. The molecular weight excluding hydrogens is 386 g/mol. The van der Waals surface area contributed by atoms with Crippen LogP contribution in [0.25, 0.3) is 33.4 Å². The number of primary sulfonamides is 1. The van der Waals surface area contributed by atoms with Crippen LogP contribution in [0.2, 0.25) is 0 Å². The number of para-hydroxylation sites is 1. The lowest BCUT2D eigenvalue weighted by atomic mass is 9.96. The molecule has 3 aromatic carbocycles. The maximum absolute atomic E-state index is 13.4. The molecule has 146 valence electrons. The summed E-state index contributed by atoms with van der Waals surface area (Å²) >= 11 is 0. The Bertz CT molecular complexity index is 1400. The van der Waals surface area contributed by atoms with Gasteiger partial charge in [0, 0.05) is 5.56 Å². The summed E-state index contributed by atoms with van der Waals surface area (Å²) < 4.78 is 29.3. The van der Waals surface area contributed by atoms with Crippen molar-refractivity contribution >= 4 is 21.0 Å². The molecule has 4 rings (SSSR count). The monoisotopic (exact) mass is 405 g/mol. The van der Waals surface area contributed by atoms with Gasteiger partial charge in [-0.05, 0) is 66.9 Å². The lowest BCUT2D eigenvalue weighted by Gasteiger charge is -2.12. The molecule has 1 aromatic heterocycles. The lowest BCUT2D eigenvalue weighted by molar-refractivity contribution is 0.597. The highest BCUT2D eigenvalue weighted by molar-refractivity contribution is 7.89. The van der Waals surface area contributed by atoms with E-state index in [4.69, 9.17) is 9.56 Å². The Hall–Kier alpha value is -3.22. The van der Waals surface area contributed by atoms with Gasteiger partial charge in [-0.3, -0.25) is 4.79 Å². The molecule has 0 fully saturated rings. The Morgan fingerprint density at radius 2 is 1.48 bits per heavy atom. The summed E-state index contributed by atoms with van der Waals surface area (Å²) in [6.07, 6.45) is 0. The molecule has 0 amide bonds. The van der Waals surface area contributed by atoms with Gasteiger partial charge in [0.1, 0.15) is 11.3 Å². The third-order valence-electron chi connectivity index (χ3n) is 5.04. The van der Waals surface area contributed by atoms with Crippen LogP contribution in [0.1, 0.15) is 11.1 Å². The Kier molecular flexibility index (Phi) is 4.61. The molecule has 2 N–H and O–H groups in total. The summed E-state index contributed by atoms with van der Waals surface area (Å²) in [5.74, 6) is 0.387. The van der Waals surface area contributed by atoms with Crippen LogP contribution < -0.4 is 10.6 Å². The fraction of sp³-hybridized carbons (Fsp3) is 0.0870. The third kappa shape index (κ3) is 3.48. The predicted molar refractivity (Wildman–Crippen MR) is 114 cm³/mol. The van der Waals surface area contributed by atoms with E-state index in [1.807, 2.05) is 32.0 Å². The highest BCUT2D eigenvalue weighted by Gasteiger charge is 2.19. The molecule has 0 saturated carbocycles. The van der Waals surface area contributed by atoms with Crippen molar-refractivity contribution < 1.29 is 12.8 Å². The first kappa shape index (κ1) is 19.1. The fourth-order valence-electron chi connectivity index (χ4n) is 3.30. The second kappa shape index (κ2) is 6.99. The zero-order valence-corrected chi connectivity index (χ0v) is 16.8. The molecule has 0 unspecified atom stereocenters. The highest BCUT2D eigenvalue weighted by atomic mass is 32.2. The van der Waals surface area contributed by atoms with Crippen LogP contribution in [-0.4, -0.2) is 8.42 Å². The van der Waals surface area contributed by atoms with Gasteiger partial charge in [-0.1, -0.05) is 30.3 Å². The van der Waals surface area contributed by atoms with Gasteiger partial charge in [-0.25, -0.2) is 13.6 Å². The zero-order chi connectivity index (χ0) is 20.8. The lowest BCUT2D eigenvalue weighted by Crippen LogP contribution is -2.12. The van der Waals surface area contributed by atoms with Crippen LogP contribution in [0.15, 0.2) is 80.8 Å². The molecular formula is C23H19NO4S. The minimum Gasteiger partial charge on any atom is -0.455 e. The Morgan fingerprint density at radius 3 is 2.14 bits per heavy atom. The van der Waals surface area contributed by atoms with Crippen molar-refractivity contribution in [1.29, 1.82) is 0 Å². The maximum Gasteiger partial charge on any atom is 0.238 e. The fourth-order valence-corrected chi connectivity index (χ4v) is 3.82.